The molecule has 4 fully saturated rings. The smallest absolute Gasteiger partial charge is 0.0827 e. The molecule has 2 heteroatoms. The molecule has 4 saturated carbocycles. The van der Waals surface area contributed by atoms with E-state index in [4.69, 9.17) is 0 Å². The molecule has 7 atom stereocenters. The second-order valence-corrected chi connectivity index (χ2v) is 11.0. The number of hydrogen-bond donors (Lipinski definition) is 2. The first-order valence-electron chi connectivity index (χ1n) is 11.3. The molecule has 2 N–H and O–H groups in total. The number of nitrogens with one attached hydrogen (secondary N) is 1. The van der Waals surface area contributed by atoms with Gasteiger partial charge < -0.3 is 10.4 Å². The van der Waals surface area contributed by atoms with Crippen LogP contribution in [-0.2, 0) is 0 Å². The molecule has 144 valence electrons. The van der Waals surface area contributed by atoms with Gasteiger partial charge in [-0.25, -0.2) is 0 Å². The first kappa shape index (κ1) is 18.3. The zero-order chi connectivity index (χ0) is 17.9. The van der Waals surface area contributed by atoms with Crippen molar-refractivity contribution in [1.82, 2.24) is 5.32 Å². The lowest BCUT2D eigenvalue weighted by Gasteiger charge is -2.61. The van der Waals surface area contributed by atoms with Crippen molar-refractivity contribution in [3.63, 3.8) is 0 Å². The van der Waals surface area contributed by atoms with Crippen LogP contribution in [-0.4, -0.2) is 23.3 Å². The van der Waals surface area contributed by atoms with Crippen LogP contribution in [0.25, 0.3) is 0 Å². The Morgan fingerprint density at radius 2 is 1.68 bits per heavy atom. The molecule has 0 amide bonds. The van der Waals surface area contributed by atoms with E-state index in [1.807, 2.05) is 0 Å². The van der Waals surface area contributed by atoms with Crippen molar-refractivity contribution < 1.29 is 5.11 Å². The minimum absolute atomic E-state index is 0.133. The molecule has 0 heterocycles. The SMILES string of the molecule is CC(C)NC[C@]1(O)CC[C@@H]2[C@@H]3CC[C@@H]4CCCC[C@]4(C)[C@@H]3CC[C@@]21C. The van der Waals surface area contributed by atoms with Crippen molar-refractivity contribution in [3.05, 3.63) is 0 Å². The van der Waals surface area contributed by atoms with Gasteiger partial charge in [0, 0.05) is 18.0 Å². The summed E-state index contributed by atoms with van der Waals surface area (Å²) < 4.78 is 0. The number of aliphatic hydroxyl groups is 1. The first-order valence-corrected chi connectivity index (χ1v) is 11.3. The lowest BCUT2D eigenvalue weighted by molar-refractivity contribution is -0.150. The fourth-order valence-corrected chi connectivity index (χ4v) is 8.07. The zero-order valence-electron chi connectivity index (χ0n) is 17.1. The summed E-state index contributed by atoms with van der Waals surface area (Å²) >= 11 is 0. The van der Waals surface area contributed by atoms with Crippen LogP contribution in [0.3, 0.4) is 0 Å². The van der Waals surface area contributed by atoms with Gasteiger partial charge in [0.2, 0.25) is 0 Å². The van der Waals surface area contributed by atoms with Crippen LogP contribution in [0.15, 0.2) is 0 Å². The lowest BCUT2D eigenvalue weighted by Crippen LogP contribution is -2.58. The Labute approximate surface area is 155 Å². The summed E-state index contributed by atoms with van der Waals surface area (Å²) in [5.74, 6) is 3.57. The van der Waals surface area contributed by atoms with Crippen LogP contribution in [0.5, 0.6) is 0 Å². The largest absolute Gasteiger partial charge is 0.388 e. The minimum Gasteiger partial charge on any atom is -0.388 e. The summed E-state index contributed by atoms with van der Waals surface area (Å²) in [5.41, 5.74) is 0.254. The third kappa shape index (κ3) is 2.64. The summed E-state index contributed by atoms with van der Waals surface area (Å²) in [6, 6.07) is 0.458. The van der Waals surface area contributed by atoms with Gasteiger partial charge in [-0.05, 0) is 80.5 Å². The predicted molar refractivity (Wildman–Crippen MR) is 104 cm³/mol. The molecule has 0 aromatic rings. The molecule has 4 aliphatic rings. The van der Waals surface area contributed by atoms with Gasteiger partial charge in [-0.1, -0.05) is 40.5 Å². The molecule has 4 rings (SSSR count). The third-order valence-corrected chi connectivity index (χ3v) is 9.71. The highest BCUT2D eigenvalue weighted by Gasteiger charge is 2.64. The van der Waals surface area contributed by atoms with Crippen LogP contribution < -0.4 is 5.32 Å². The summed E-state index contributed by atoms with van der Waals surface area (Å²) in [6.07, 6.45) is 13.7. The van der Waals surface area contributed by atoms with Crippen molar-refractivity contribution in [2.75, 3.05) is 6.54 Å². The van der Waals surface area contributed by atoms with E-state index in [-0.39, 0.29) is 5.41 Å². The molecular formula is C23H41NO. The minimum atomic E-state index is -0.489. The highest BCUT2D eigenvalue weighted by Crippen LogP contribution is 2.68. The van der Waals surface area contributed by atoms with Gasteiger partial charge in [-0.2, -0.15) is 0 Å². The molecule has 0 aliphatic heterocycles. The molecule has 4 aliphatic carbocycles. The van der Waals surface area contributed by atoms with Gasteiger partial charge in [0.15, 0.2) is 0 Å². The molecule has 0 spiro atoms. The van der Waals surface area contributed by atoms with E-state index in [0.29, 0.717) is 11.5 Å². The topological polar surface area (TPSA) is 32.3 Å². The molecule has 0 saturated heterocycles. The van der Waals surface area contributed by atoms with Crippen LogP contribution in [0.4, 0.5) is 0 Å². The van der Waals surface area contributed by atoms with Crippen molar-refractivity contribution in [3.8, 4) is 0 Å². The van der Waals surface area contributed by atoms with E-state index in [1.165, 1.54) is 57.8 Å². The molecule has 25 heavy (non-hydrogen) atoms. The molecule has 0 unspecified atom stereocenters. The van der Waals surface area contributed by atoms with Crippen molar-refractivity contribution in [2.24, 2.45) is 34.5 Å². The molecule has 2 nitrogen and oxygen atoms in total. The van der Waals surface area contributed by atoms with E-state index in [2.05, 4.69) is 33.0 Å². The van der Waals surface area contributed by atoms with E-state index >= 15 is 0 Å². The Hall–Kier alpha value is -0.0800. The van der Waals surface area contributed by atoms with Crippen molar-refractivity contribution in [2.45, 2.75) is 104 Å². The quantitative estimate of drug-likeness (QED) is 0.740. The fraction of sp³-hybridized carbons (Fsp3) is 1.00. The molecule has 0 aromatic carbocycles. The van der Waals surface area contributed by atoms with E-state index in [0.717, 1.165) is 36.6 Å². The van der Waals surface area contributed by atoms with Crippen LogP contribution in [0, 0.1) is 34.5 Å². The Balaban J connectivity index is 1.57. The highest BCUT2D eigenvalue weighted by atomic mass is 16.3. The normalized spacial score (nSPS) is 52.6. The fourth-order valence-electron chi connectivity index (χ4n) is 8.07. The summed E-state index contributed by atoms with van der Waals surface area (Å²) in [7, 11) is 0. The maximum absolute atomic E-state index is 11.6. The molecule has 0 bridgehead atoms. The summed E-state index contributed by atoms with van der Waals surface area (Å²) in [4.78, 5) is 0. The standard InChI is InChI=1S/C23H41NO/c1-16(2)24-15-23(25)14-11-20-18-9-8-17-7-5-6-12-21(17,3)19(18)10-13-22(20,23)4/h16-20,24-25H,5-15H2,1-4H3/t17-,18+,19+,20+,21-,22-,23+/m0/s1. The summed E-state index contributed by atoms with van der Waals surface area (Å²) in [6.45, 7) is 10.3. The van der Waals surface area contributed by atoms with Gasteiger partial charge in [-0.3, -0.25) is 0 Å². The Morgan fingerprint density at radius 3 is 2.44 bits per heavy atom. The number of hydrogen-bond acceptors (Lipinski definition) is 2. The molecule has 0 radical (unpaired) electrons. The van der Waals surface area contributed by atoms with Gasteiger partial charge in [0.05, 0.1) is 5.60 Å². The average molecular weight is 348 g/mol. The van der Waals surface area contributed by atoms with E-state index in [9.17, 15) is 5.11 Å². The third-order valence-electron chi connectivity index (χ3n) is 9.71. The maximum atomic E-state index is 11.6. The average Bonchev–Trinajstić information content (AvgIpc) is 2.84. The zero-order valence-corrected chi connectivity index (χ0v) is 17.1. The van der Waals surface area contributed by atoms with E-state index in [1.54, 1.807) is 0 Å². The molecular weight excluding hydrogens is 306 g/mol. The van der Waals surface area contributed by atoms with Crippen molar-refractivity contribution >= 4 is 0 Å². The second-order valence-electron chi connectivity index (χ2n) is 11.0. The van der Waals surface area contributed by atoms with Gasteiger partial charge in [0.1, 0.15) is 0 Å². The van der Waals surface area contributed by atoms with Gasteiger partial charge in [0.25, 0.3) is 0 Å². The maximum Gasteiger partial charge on any atom is 0.0827 e. The van der Waals surface area contributed by atoms with Crippen molar-refractivity contribution in [1.29, 1.82) is 0 Å². The summed E-state index contributed by atoms with van der Waals surface area (Å²) in [5, 5.41) is 15.2. The molecule has 0 aromatic heterocycles. The first-order chi connectivity index (χ1) is 11.8. The van der Waals surface area contributed by atoms with Gasteiger partial charge in [-0.15, -0.1) is 0 Å². The Kier molecular flexibility index (Phi) is 4.56. The van der Waals surface area contributed by atoms with Crippen LogP contribution in [0.2, 0.25) is 0 Å². The second kappa shape index (κ2) is 6.23. The lowest BCUT2D eigenvalue weighted by atomic mass is 9.44. The van der Waals surface area contributed by atoms with Gasteiger partial charge >= 0.3 is 0 Å². The van der Waals surface area contributed by atoms with E-state index < -0.39 is 5.60 Å². The highest BCUT2D eigenvalue weighted by molar-refractivity contribution is 5.14. The van der Waals surface area contributed by atoms with Crippen LogP contribution in [0.1, 0.15) is 91.9 Å². The monoisotopic (exact) mass is 347 g/mol. The predicted octanol–water partition coefficient (Wildman–Crippen LogP) is 5.15. The van der Waals surface area contributed by atoms with Crippen LogP contribution >= 0.6 is 0 Å². The Bertz CT molecular complexity index is 504. The Morgan fingerprint density at radius 1 is 0.920 bits per heavy atom. The number of fused-ring (bicyclic) bond motifs is 5. The number of rotatable bonds is 3.